The number of ether oxygens (including phenoxy) is 2. The molecule has 0 bridgehead atoms. The second-order valence-electron chi connectivity index (χ2n) is 13.4. The first kappa shape index (κ1) is 27.6. The smallest absolute Gasteiger partial charge is 0.152 e. The lowest BCUT2D eigenvalue weighted by Gasteiger charge is -2.33. The van der Waals surface area contributed by atoms with Crippen molar-refractivity contribution in [3.05, 3.63) is 158 Å². The van der Waals surface area contributed by atoms with Crippen LogP contribution in [0.1, 0.15) is 0 Å². The van der Waals surface area contributed by atoms with Gasteiger partial charge in [-0.15, -0.1) is 0 Å². The quantitative estimate of drug-likeness (QED) is 0.182. The van der Waals surface area contributed by atoms with Gasteiger partial charge in [-0.25, -0.2) is 0 Å². The van der Waals surface area contributed by atoms with E-state index in [0.717, 1.165) is 112 Å². The summed E-state index contributed by atoms with van der Waals surface area (Å²) < 4.78 is 25.7. The van der Waals surface area contributed by atoms with Crippen LogP contribution >= 0.6 is 0 Å². The van der Waals surface area contributed by atoms with Crippen molar-refractivity contribution in [2.24, 2.45) is 0 Å². The third kappa shape index (κ3) is 3.89. The number of hydrogen-bond acceptors (Lipinski definition) is 6. The molecule has 8 aromatic carbocycles. The third-order valence-corrected chi connectivity index (χ3v) is 10.4. The van der Waals surface area contributed by atoms with Crippen LogP contribution in [0.4, 0.5) is 34.1 Å². The van der Waals surface area contributed by atoms with E-state index >= 15 is 0 Å². The zero-order valence-electron chi connectivity index (χ0n) is 27.5. The van der Waals surface area contributed by atoms with Crippen LogP contribution < -0.4 is 19.3 Å². The number of fused-ring (bicyclic) bond motifs is 11. The Labute approximate surface area is 296 Å². The van der Waals surface area contributed by atoms with Gasteiger partial charge in [-0.3, -0.25) is 0 Å². The van der Waals surface area contributed by atoms with Crippen molar-refractivity contribution >= 4 is 88.8 Å². The maximum Gasteiger partial charge on any atom is 0.152 e. The maximum absolute atomic E-state index is 6.52. The van der Waals surface area contributed by atoms with E-state index in [4.69, 9.17) is 18.3 Å². The lowest BCUT2D eigenvalue weighted by molar-refractivity contribution is 0.477. The van der Waals surface area contributed by atoms with Crippen LogP contribution in [-0.2, 0) is 0 Å². The van der Waals surface area contributed by atoms with Crippen LogP contribution in [0.5, 0.6) is 23.0 Å². The third-order valence-electron chi connectivity index (χ3n) is 10.4. The second-order valence-corrected chi connectivity index (χ2v) is 13.4. The number of hydrogen-bond donors (Lipinski definition) is 0. The average molecular weight is 671 g/mol. The molecule has 0 fully saturated rings. The SMILES string of the molecule is c1ccc2c(c1)Oc1cc3c(cc1N2c1ccc2cc(N4c5ccccc5Oc5cc6c(cc54)oc4ccccc46)ccc2c1)oc1ccccc13. The lowest BCUT2D eigenvalue weighted by atomic mass is 10.0. The van der Waals surface area contributed by atoms with Gasteiger partial charge in [-0.1, -0.05) is 72.8 Å². The van der Waals surface area contributed by atoms with Gasteiger partial charge in [-0.05, 0) is 83.6 Å². The summed E-state index contributed by atoms with van der Waals surface area (Å²) in [7, 11) is 0. The van der Waals surface area contributed by atoms with Gasteiger partial charge in [0.1, 0.15) is 22.3 Å². The fraction of sp³-hybridized carbons (Fsp3) is 0. The molecule has 0 atom stereocenters. The Morgan fingerprint density at radius 3 is 1.25 bits per heavy atom. The average Bonchev–Trinajstić information content (AvgIpc) is 3.74. The number of furan rings is 2. The van der Waals surface area contributed by atoms with Gasteiger partial charge >= 0.3 is 0 Å². The van der Waals surface area contributed by atoms with Crippen LogP contribution in [0.15, 0.2) is 167 Å². The van der Waals surface area contributed by atoms with Crippen molar-refractivity contribution in [2.45, 2.75) is 0 Å². The van der Waals surface area contributed by atoms with E-state index in [2.05, 4.69) is 94.7 Å². The fourth-order valence-corrected chi connectivity index (χ4v) is 8.00. The molecule has 52 heavy (non-hydrogen) atoms. The molecular formula is C46H26N2O4. The standard InChI is InChI=1S/C46H26N2O4/c1-5-13-39-31(9-1)33-23-45-37(25-43(33)49-39)47(35-11-3-7-15-41(35)51-45)29-19-17-28-22-30(20-18-27(28)21-29)48-36-12-4-8-16-42(36)52-46-24-34-32-10-2-6-14-40(32)50-44(34)26-38(46)48/h1-26H. The van der Waals surface area contributed by atoms with Crippen molar-refractivity contribution in [3.8, 4) is 23.0 Å². The number of para-hydroxylation sites is 6. The lowest BCUT2D eigenvalue weighted by Crippen LogP contribution is -2.16. The number of anilines is 6. The number of rotatable bonds is 2. The molecule has 10 aromatic rings. The molecule has 0 unspecified atom stereocenters. The molecular weight excluding hydrogens is 645 g/mol. The first-order chi connectivity index (χ1) is 25.7. The van der Waals surface area contributed by atoms with Crippen LogP contribution in [0.25, 0.3) is 54.6 Å². The molecule has 2 aliphatic heterocycles. The minimum atomic E-state index is 0.788. The van der Waals surface area contributed by atoms with Crippen LogP contribution in [-0.4, -0.2) is 0 Å². The van der Waals surface area contributed by atoms with Crippen LogP contribution in [0.3, 0.4) is 0 Å². The molecule has 0 amide bonds. The van der Waals surface area contributed by atoms with Crippen molar-refractivity contribution in [1.29, 1.82) is 0 Å². The second kappa shape index (κ2) is 10.2. The van der Waals surface area contributed by atoms with Crippen molar-refractivity contribution < 1.29 is 18.3 Å². The summed E-state index contributed by atoms with van der Waals surface area (Å²) in [5, 5.41) is 6.45. The molecule has 12 rings (SSSR count). The fourth-order valence-electron chi connectivity index (χ4n) is 8.00. The number of nitrogens with zero attached hydrogens (tertiary/aromatic N) is 2. The van der Waals surface area contributed by atoms with E-state index in [-0.39, 0.29) is 0 Å². The highest BCUT2D eigenvalue weighted by Crippen LogP contribution is 2.54. The summed E-state index contributed by atoms with van der Waals surface area (Å²) >= 11 is 0. The zero-order chi connectivity index (χ0) is 33.9. The summed E-state index contributed by atoms with van der Waals surface area (Å²) in [5.41, 5.74) is 9.23. The molecule has 0 spiro atoms. The van der Waals surface area contributed by atoms with Crippen molar-refractivity contribution in [2.75, 3.05) is 9.80 Å². The summed E-state index contributed by atoms with van der Waals surface area (Å²) in [6.45, 7) is 0. The van der Waals surface area contributed by atoms with E-state index < -0.39 is 0 Å². The van der Waals surface area contributed by atoms with E-state index in [1.165, 1.54) is 0 Å². The zero-order valence-corrected chi connectivity index (χ0v) is 27.5. The van der Waals surface area contributed by atoms with Crippen LogP contribution in [0, 0.1) is 0 Å². The predicted molar refractivity (Wildman–Crippen MR) is 208 cm³/mol. The first-order valence-corrected chi connectivity index (χ1v) is 17.3. The van der Waals surface area contributed by atoms with E-state index in [1.54, 1.807) is 0 Å². The highest BCUT2D eigenvalue weighted by atomic mass is 16.5. The minimum absolute atomic E-state index is 0.788. The van der Waals surface area contributed by atoms with Gasteiger partial charge in [0.05, 0.1) is 22.7 Å². The Balaban J connectivity index is 1.00. The monoisotopic (exact) mass is 670 g/mol. The Hall–Kier alpha value is -7.18. The molecule has 0 N–H and O–H groups in total. The molecule has 2 aromatic heterocycles. The Kier molecular flexibility index (Phi) is 5.41. The number of benzene rings is 8. The van der Waals surface area contributed by atoms with Crippen LogP contribution in [0.2, 0.25) is 0 Å². The Bertz CT molecular complexity index is 2910. The minimum Gasteiger partial charge on any atom is -0.456 e. The highest BCUT2D eigenvalue weighted by molar-refractivity contribution is 6.09. The molecule has 0 saturated carbocycles. The van der Waals surface area contributed by atoms with E-state index in [9.17, 15) is 0 Å². The van der Waals surface area contributed by atoms with Crippen molar-refractivity contribution in [1.82, 2.24) is 0 Å². The Morgan fingerprint density at radius 2 is 0.750 bits per heavy atom. The van der Waals surface area contributed by atoms with Gasteiger partial charge in [0, 0.05) is 45.1 Å². The topological polar surface area (TPSA) is 51.2 Å². The summed E-state index contributed by atoms with van der Waals surface area (Å²) in [6.07, 6.45) is 0. The van der Waals surface area contributed by atoms with Gasteiger partial charge in [0.15, 0.2) is 23.0 Å². The highest BCUT2D eigenvalue weighted by Gasteiger charge is 2.30. The van der Waals surface area contributed by atoms with Crippen molar-refractivity contribution in [3.63, 3.8) is 0 Å². The van der Waals surface area contributed by atoms with Gasteiger partial charge in [0.25, 0.3) is 0 Å². The predicted octanol–water partition coefficient (Wildman–Crippen LogP) is 13.8. The van der Waals surface area contributed by atoms with Gasteiger partial charge in [0.2, 0.25) is 0 Å². The largest absolute Gasteiger partial charge is 0.456 e. The van der Waals surface area contributed by atoms with Gasteiger partial charge < -0.3 is 28.1 Å². The molecule has 4 heterocycles. The van der Waals surface area contributed by atoms with Gasteiger partial charge in [-0.2, -0.15) is 0 Å². The normalized spacial score (nSPS) is 13.2. The van der Waals surface area contributed by atoms with E-state index in [1.807, 2.05) is 72.8 Å². The molecule has 2 aliphatic rings. The summed E-state index contributed by atoms with van der Waals surface area (Å²) in [4.78, 5) is 4.53. The molecule has 244 valence electrons. The van der Waals surface area contributed by atoms with E-state index in [0.29, 0.717) is 0 Å². The Morgan fingerprint density at radius 1 is 0.308 bits per heavy atom. The maximum atomic E-state index is 6.52. The first-order valence-electron chi connectivity index (χ1n) is 17.3. The summed E-state index contributed by atoms with van der Waals surface area (Å²) in [5.74, 6) is 3.19. The molecule has 6 nitrogen and oxygen atoms in total. The molecule has 0 radical (unpaired) electrons. The molecule has 0 saturated heterocycles. The molecule has 6 heteroatoms. The molecule has 0 aliphatic carbocycles. The summed E-state index contributed by atoms with van der Waals surface area (Å²) in [6, 6.07) is 54.3.